The van der Waals surface area contributed by atoms with Gasteiger partial charge in [-0.25, -0.2) is 0 Å². The molecule has 3 aromatic carbocycles. The summed E-state index contributed by atoms with van der Waals surface area (Å²) < 4.78 is 0. The molecule has 158 valence electrons. The molecule has 1 N–H and O–H groups in total. The van der Waals surface area contributed by atoms with Crippen molar-refractivity contribution in [1.82, 2.24) is 0 Å². The Bertz CT molecular complexity index is 902. The molecule has 0 bridgehead atoms. The summed E-state index contributed by atoms with van der Waals surface area (Å²) >= 11 is 0. The van der Waals surface area contributed by atoms with Crippen LogP contribution in [0.2, 0.25) is 0 Å². The first-order valence-corrected chi connectivity index (χ1v) is 10.6. The lowest BCUT2D eigenvalue weighted by Gasteiger charge is -2.47. The van der Waals surface area contributed by atoms with Gasteiger partial charge in [-0.05, 0) is 43.5 Å². The summed E-state index contributed by atoms with van der Waals surface area (Å²) in [6, 6.07) is 27.2. The van der Waals surface area contributed by atoms with Crippen molar-refractivity contribution < 1.29 is 9.90 Å². The van der Waals surface area contributed by atoms with Crippen LogP contribution in [-0.4, -0.2) is 18.1 Å². The molecule has 3 nitrogen and oxygen atoms in total. The third-order valence-corrected chi connectivity index (χ3v) is 5.24. The number of β-lactam (4-membered cyclic amide) rings is 1. The van der Waals surface area contributed by atoms with Crippen LogP contribution in [0.5, 0.6) is 0 Å². The van der Waals surface area contributed by atoms with Crippen molar-refractivity contribution in [1.29, 1.82) is 0 Å². The van der Waals surface area contributed by atoms with Crippen LogP contribution in [0.4, 0.5) is 5.69 Å². The third kappa shape index (κ3) is 5.17. The van der Waals surface area contributed by atoms with E-state index in [-0.39, 0.29) is 17.9 Å². The smallest absolute Gasteiger partial charge is 0.233 e. The zero-order chi connectivity index (χ0) is 22.1. The first kappa shape index (κ1) is 23.4. The van der Waals surface area contributed by atoms with Crippen LogP contribution < -0.4 is 4.90 Å². The summed E-state index contributed by atoms with van der Waals surface area (Å²) in [6.45, 7) is 8.15. The van der Waals surface area contributed by atoms with Crippen LogP contribution >= 0.6 is 0 Å². The minimum atomic E-state index is -0.0126. The van der Waals surface area contributed by atoms with Crippen LogP contribution in [0.3, 0.4) is 0 Å². The molecule has 0 spiro atoms. The second-order valence-electron chi connectivity index (χ2n) is 7.20. The van der Waals surface area contributed by atoms with Gasteiger partial charge in [-0.3, -0.25) is 4.79 Å². The number of carbonyl (C=O) groups is 1. The molecule has 3 heteroatoms. The van der Waals surface area contributed by atoms with E-state index in [0.29, 0.717) is 0 Å². The number of benzene rings is 3. The normalized spacial score (nSPS) is 17.1. The van der Waals surface area contributed by atoms with E-state index in [1.165, 1.54) is 22.3 Å². The van der Waals surface area contributed by atoms with E-state index in [1.807, 2.05) is 49.1 Å². The Hall–Kier alpha value is -2.91. The maximum absolute atomic E-state index is 13.0. The fourth-order valence-electron chi connectivity index (χ4n) is 3.75. The molecule has 0 aromatic heterocycles. The number of nitrogens with zero attached hydrogens (tertiary/aromatic N) is 1. The molecular formula is C27H33NO2. The van der Waals surface area contributed by atoms with Gasteiger partial charge in [0.1, 0.15) is 0 Å². The fraction of sp³-hybridized carbons (Fsp3) is 0.296. The molecule has 3 aromatic rings. The molecule has 2 unspecified atom stereocenters. The maximum atomic E-state index is 13.0. The third-order valence-electron chi connectivity index (χ3n) is 5.24. The number of amides is 1. The van der Waals surface area contributed by atoms with Crippen molar-refractivity contribution in [3.05, 3.63) is 101 Å². The largest absolute Gasteiger partial charge is 0.400 e. The van der Waals surface area contributed by atoms with E-state index in [0.717, 1.165) is 19.2 Å². The van der Waals surface area contributed by atoms with Crippen molar-refractivity contribution >= 4 is 11.6 Å². The van der Waals surface area contributed by atoms with Crippen LogP contribution in [0, 0.1) is 19.8 Å². The summed E-state index contributed by atoms with van der Waals surface area (Å²) in [6.07, 6.45) is 0.779. The Labute approximate surface area is 181 Å². The van der Waals surface area contributed by atoms with Crippen molar-refractivity contribution in [3.63, 3.8) is 0 Å². The predicted octanol–water partition coefficient (Wildman–Crippen LogP) is 5.88. The van der Waals surface area contributed by atoms with E-state index >= 15 is 0 Å². The first-order chi connectivity index (χ1) is 14.6. The molecule has 1 aliphatic rings. The van der Waals surface area contributed by atoms with Gasteiger partial charge in [-0.15, -0.1) is 0 Å². The number of aliphatic hydroxyl groups is 1. The Morgan fingerprint density at radius 3 is 1.80 bits per heavy atom. The van der Waals surface area contributed by atoms with Crippen LogP contribution in [0.25, 0.3) is 0 Å². The van der Waals surface area contributed by atoms with Crippen LogP contribution in [0.1, 0.15) is 42.1 Å². The zero-order valence-electron chi connectivity index (χ0n) is 18.7. The quantitative estimate of drug-likeness (QED) is 0.552. The first-order valence-electron chi connectivity index (χ1n) is 10.6. The standard InChI is InChI=1S/C24H23NO.C2H6.CH4O/c1-17-8-12-19(13-9-17)16-22-23(20-6-4-3-5-7-20)25(24(22)26)21-14-10-18(2)11-15-21;2*1-2/h3-15,22-23H,16H2,1-2H3;1-2H3;2H,1H3. The molecule has 1 saturated heterocycles. The second kappa shape index (κ2) is 11.3. The lowest BCUT2D eigenvalue weighted by Crippen LogP contribution is -2.56. The van der Waals surface area contributed by atoms with Crippen molar-refractivity contribution in [2.75, 3.05) is 12.0 Å². The molecule has 1 heterocycles. The van der Waals surface area contributed by atoms with Gasteiger partial charge in [0.25, 0.3) is 0 Å². The number of hydrogen-bond acceptors (Lipinski definition) is 2. The summed E-state index contributed by atoms with van der Waals surface area (Å²) in [7, 11) is 1.00. The maximum Gasteiger partial charge on any atom is 0.233 e. The molecule has 1 amide bonds. The summed E-state index contributed by atoms with van der Waals surface area (Å²) in [5.41, 5.74) is 5.85. The van der Waals surface area contributed by atoms with Gasteiger partial charge in [0.05, 0.1) is 12.0 Å². The molecule has 0 aliphatic carbocycles. The monoisotopic (exact) mass is 403 g/mol. The highest BCUT2D eigenvalue weighted by atomic mass is 16.2. The molecule has 0 radical (unpaired) electrons. The number of carbonyl (C=O) groups excluding carboxylic acids is 1. The van der Waals surface area contributed by atoms with Crippen LogP contribution in [-0.2, 0) is 11.2 Å². The molecule has 1 aliphatic heterocycles. The van der Waals surface area contributed by atoms with E-state index < -0.39 is 0 Å². The zero-order valence-corrected chi connectivity index (χ0v) is 18.7. The minimum absolute atomic E-state index is 0.0126. The molecule has 30 heavy (non-hydrogen) atoms. The van der Waals surface area contributed by atoms with Crippen molar-refractivity contribution in [2.45, 2.75) is 40.2 Å². The average Bonchev–Trinajstić information content (AvgIpc) is 2.81. The summed E-state index contributed by atoms with van der Waals surface area (Å²) in [5, 5.41) is 7.00. The molecule has 4 rings (SSSR count). The number of aryl methyl sites for hydroxylation is 2. The average molecular weight is 404 g/mol. The predicted molar refractivity (Wildman–Crippen MR) is 126 cm³/mol. The highest BCUT2D eigenvalue weighted by molar-refractivity contribution is 6.03. The SMILES string of the molecule is CC.CO.Cc1ccc(CC2C(=O)N(c3ccc(C)cc3)C2c2ccccc2)cc1. The molecule has 1 fully saturated rings. The van der Waals surface area contributed by atoms with Crippen LogP contribution in [0.15, 0.2) is 78.9 Å². The second-order valence-corrected chi connectivity index (χ2v) is 7.20. The highest BCUT2D eigenvalue weighted by Crippen LogP contribution is 2.44. The molecular weight excluding hydrogens is 370 g/mol. The lowest BCUT2D eigenvalue weighted by atomic mass is 9.78. The Balaban J connectivity index is 0.000000757. The van der Waals surface area contributed by atoms with Gasteiger partial charge >= 0.3 is 0 Å². The topological polar surface area (TPSA) is 40.5 Å². The van der Waals surface area contributed by atoms with Gasteiger partial charge in [0.2, 0.25) is 5.91 Å². The minimum Gasteiger partial charge on any atom is -0.400 e. The van der Waals surface area contributed by atoms with Gasteiger partial charge in [0.15, 0.2) is 0 Å². The highest BCUT2D eigenvalue weighted by Gasteiger charge is 2.48. The van der Waals surface area contributed by atoms with E-state index in [4.69, 9.17) is 5.11 Å². The Kier molecular flexibility index (Phi) is 8.82. The summed E-state index contributed by atoms with van der Waals surface area (Å²) in [5.74, 6) is 0.199. The summed E-state index contributed by atoms with van der Waals surface area (Å²) in [4.78, 5) is 15.0. The molecule has 0 saturated carbocycles. The number of anilines is 1. The van der Waals surface area contributed by atoms with E-state index in [1.54, 1.807) is 0 Å². The Morgan fingerprint density at radius 2 is 1.27 bits per heavy atom. The van der Waals surface area contributed by atoms with E-state index in [2.05, 4.69) is 62.4 Å². The number of hydrogen-bond donors (Lipinski definition) is 1. The van der Waals surface area contributed by atoms with E-state index in [9.17, 15) is 4.79 Å². The Morgan fingerprint density at radius 1 is 0.767 bits per heavy atom. The fourth-order valence-corrected chi connectivity index (χ4v) is 3.75. The van der Waals surface area contributed by atoms with Gasteiger partial charge < -0.3 is 10.0 Å². The number of aliphatic hydroxyl groups excluding tert-OH is 1. The molecule has 2 atom stereocenters. The van der Waals surface area contributed by atoms with Gasteiger partial charge in [0, 0.05) is 12.8 Å². The van der Waals surface area contributed by atoms with Crippen molar-refractivity contribution in [2.24, 2.45) is 5.92 Å². The van der Waals surface area contributed by atoms with Gasteiger partial charge in [-0.1, -0.05) is 91.7 Å². The number of rotatable bonds is 4. The van der Waals surface area contributed by atoms with Crippen molar-refractivity contribution in [3.8, 4) is 0 Å². The van der Waals surface area contributed by atoms with Gasteiger partial charge in [-0.2, -0.15) is 0 Å². The lowest BCUT2D eigenvalue weighted by molar-refractivity contribution is -0.130.